The highest BCUT2D eigenvalue weighted by atomic mass is 35.5. The molecule has 16 heteroatoms. The van der Waals surface area contributed by atoms with Crippen molar-refractivity contribution in [2.24, 2.45) is 30.9 Å². The summed E-state index contributed by atoms with van der Waals surface area (Å²) in [5.74, 6) is 1.21. The number of amidine groups is 1. The third-order valence-electron chi connectivity index (χ3n) is 8.23. The molecular formula is C32H12Cl8N8. The summed E-state index contributed by atoms with van der Waals surface area (Å²) in [6.45, 7) is 0. The van der Waals surface area contributed by atoms with Gasteiger partial charge in [-0.05, 0) is 48.6 Å². The molecule has 0 radical (unpaired) electrons. The van der Waals surface area contributed by atoms with Crippen molar-refractivity contribution >= 4 is 143 Å². The molecule has 0 saturated carbocycles. The fraction of sp³-hybridized carbons (Fsp3) is 0.0312. The lowest BCUT2D eigenvalue weighted by molar-refractivity contribution is 1.02. The molecule has 2 aliphatic heterocycles. The Bertz CT molecular complexity index is 2890. The molecule has 8 bridgehead atoms. The predicted molar refractivity (Wildman–Crippen MR) is 195 cm³/mol. The number of fused-ring (bicyclic) bond motifs is 18. The van der Waals surface area contributed by atoms with E-state index in [9.17, 15) is 0 Å². The van der Waals surface area contributed by atoms with Gasteiger partial charge in [-0.15, -0.1) is 0 Å². The van der Waals surface area contributed by atoms with Gasteiger partial charge in [0.2, 0.25) is 0 Å². The molecule has 1 unspecified atom stereocenters. The maximum absolute atomic E-state index is 6.51. The van der Waals surface area contributed by atoms with E-state index in [1.165, 1.54) is 0 Å². The van der Waals surface area contributed by atoms with Crippen LogP contribution in [0.1, 0.15) is 0 Å². The zero-order valence-corrected chi connectivity index (χ0v) is 29.5. The van der Waals surface area contributed by atoms with Crippen LogP contribution in [0.3, 0.4) is 0 Å². The molecule has 5 heterocycles. The molecule has 1 atom stereocenters. The smallest absolute Gasteiger partial charge is 0.160 e. The van der Waals surface area contributed by atoms with Gasteiger partial charge in [0.25, 0.3) is 0 Å². The molecule has 0 saturated heterocycles. The van der Waals surface area contributed by atoms with Crippen LogP contribution in [0.4, 0.5) is 11.6 Å². The Labute approximate surface area is 308 Å². The molecule has 1 aliphatic carbocycles. The van der Waals surface area contributed by atoms with E-state index in [2.05, 4.69) is 15.0 Å². The van der Waals surface area contributed by atoms with Gasteiger partial charge in [0, 0.05) is 37.9 Å². The molecule has 8 nitrogen and oxygen atoms in total. The molecular weight excluding hydrogens is 780 g/mol. The minimum absolute atomic E-state index is 0.342. The minimum atomic E-state index is -0.458. The number of halogens is 8. The first-order valence-corrected chi connectivity index (χ1v) is 17.0. The predicted octanol–water partition coefficient (Wildman–Crippen LogP) is 9.71. The summed E-state index contributed by atoms with van der Waals surface area (Å²) in [6, 6.07) is 10.4. The molecule has 0 spiro atoms. The lowest BCUT2D eigenvalue weighted by Gasteiger charge is -2.14. The fourth-order valence-corrected chi connectivity index (χ4v) is 7.33. The second-order valence-corrected chi connectivity index (χ2v) is 14.3. The Morgan fingerprint density at radius 3 is 1.33 bits per heavy atom. The number of aromatic amines is 3. The van der Waals surface area contributed by atoms with E-state index in [0.717, 1.165) is 0 Å². The Kier molecular flexibility index (Phi) is 7.11. The number of benzene rings is 3. The van der Waals surface area contributed by atoms with Gasteiger partial charge >= 0.3 is 0 Å². The van der Waals surface area contributed by atoms with Crippen LogP contribution < -0.4 is 22.0 Å². The zero-order valence-electron chi connectivity index (χ0n) is 23.5. The van der Waals surface area contributed by atoms with Gasteiger partial charge in [-0.25, -0.2) is 25.0 Å². The fourth-order valence-electron chi connectivity index (χ4n) is 5.98. The molecule has 3 N–H and O–H groups in total. The number of hydrogen-bond acceptors (Lipinski definition) is 5. The maximum atomic E-state index is 6.51. The van der Waals surface area contributed by atoms with Crippen LogP contribution in [0.25, 0.3) is 32.3 Å². The Morgan fingerprint density at radius 2 is 0.854 bits per heavy atom. The van der Waals surface area contributed by atoms with Gasteiger partial charge in [0.05, 0.1) is 46.1 Å². The van der Waals surface area contributed by atoms with Crippen molar-refractivity contribution in [3.05, 3.63) is 122 Å². The lowest BCUT2D eigenvalue weighted by Crippen LogP contribution is -2.17. The van der Waals surface area contributed by atoms with Gasteiger partial charge in [-0.3, -0.25) is 0 Å². The average Bonchev–Trinajstić information content (AvgIpc) is 3.74. The van der Waals surface area contributed by atoms with Gasteiger partial charge < -0.3 is 15.0 Å². The number of aliphatic imine (C=N–C) groups is 1. The first kappa shape index (κ1) is 30.7. The Morgan fingerprint density at radius 1 is 0.438 bits per heavy atom. The normalized spacial score (nSPS) is 17.8. The standard InChI is InChI=1S/C32H12Cl8N8/c33-17-1-9-10(2-18(17)34)26-41-25(9)45-27-11-3-19(35)20(36)4-12(11)29(42-27)47-31-15-7-23(39)24(40)8-16(15)32(44-31)48-30-14-6-22(38)21(37)5-13(14)28(43-30)46-26/h1-9,44H,(H,43,46,48)(H,41,42,45,47). The van der Waals surface area contributed by atoms with E-state index in [4.69, 9.17) is 118 Å². The van der Waals surface area contributed by atoms with Gasteiger partial charge in [0.1, 0.15) is 39.4 Å². The summed E-state index contributed by atoms with van der Waals surface area (Å²) >= 11 is 52.0. The van der Waals surface area contributed by atoms with Crippen LogP contribution in [0.2, 0.25) is 30.1 Å². The molecule has 236 valence electrons. The summed E-state index contributed by atoms with van der Waals surface area (Å²) in [5.41, 5.74) is 2.46. The number of nitrogens with one attached hydrogen (secondary N) is 3. The molecule has 3 aromatic heterocycles. The first-order valence-electron chi connectivity index (χ1n) is 14.0. The first-order chi connectivity index (χ1) is 23.0. The van der Waals surface area contributed by atoms with E-state index in [1.807, 2.05) is 0 Å². The zero-order chi connectivity index (χ0) is 33.2. The average molecular weight is 792 g/mol. The molecule has 6 aromatic rings. The van der Waals surface area contributed by atoms with Crippen molar-refractivity contribution in [2.75, 3.05) is 0 Å². The number of hydrogen-bond donors (Lipinski definition) is 3. The van der Waals surface area contributed by atoms with Crippen molar-refractivity contribution in [3.8, 4) is 0 Å². The van der Waals surface area contributed by atoms with E-state index in [-0.39, 0.29) is 0 Å². The quantitative estimate of drug-likeness (QED) is 0.136. The van der Waals surface area contributed by atoms with E-state index in [0.29, 0.717) is 123 Å². The van der Waals surface area contributed by atoms with Crippen LogP contribution in [0.15, 0.2) is 95.0 Å². The molecule has 9 rings (SSSR count). The molecule has 3 aromatic carbocycles. The number of nitrogens with zero attached hydrogens (tertiary/aromatic N) is 5. The number of H-pyrrole nitrogens is 3. The SMILES string of the molecule is ClC1=CC2=C3N=C(N=c4[nH]/c(c5cc(Cl)c(Cl)cc45)=N\c4[nH]c(c5cc(Cl)c(Cl)cc45)N=c4[nH]c(c5cc(Cl)c(Cl)cc45)=N3)C2C=C1Cl. The summed E-state index contributed by atoms with van der Waals surface area (Å²) in [6.07, 6.45) is 3.52. The third kappa shape index (κ3) is 4.77. The van der Waals surface area contributed by atoms with Crippen molar-refractivity contribution in [3.63, 3.8) is 0 Å². The summed E-state index contributed by atoms with van der Waals surface area (Å²) < 4.78 is 0. The Hall–Kier alpha value is -3.31. The highest BCUT2D eigenvalue weighted by molar-refractivity contribution is 6.45. The minimum Gasteiger partial charge on any atom is -0.324 e. The number of rotatable bonds is 0. The van der Waals surface area contributed by atoms with Crippen molar-refractivity contribution < 1.29 is 0 Å². The van der Waals surface area contributed by atoms with E-state index in [1.54, 1.807) is 48.6 Å². The monoisotopic (exact) mass is 788 g/mol. The topological polar surface area (TPSA) is 109 Å². The van der Waals surface area contributed by atoms with Crippen molar-refractivity contribution in [1.82, 2.24) is 15.0 Å². The number of allylic oxidation sites excluding steroid dienone is 3. The van der Waals surface area contributed by atoms with E-state index < -0.39 is 5.92 Å². The van der Waals surface area contributed by atoms with Crippen molar-refractivity contribution in [2.45, 2.75) is 0 Å². The lowest BCUT2D eigenvalue weighted by atomic mass is 9.95. The van der Waals surface area contributed by atoms with Crippen LogP contribution in [0, 0.1) is 5.92 Å². The van der Waals surface area contributed by atoms with E-state index >= 15 is 0 Å². The summed E-state index contributed by atoms with van der Waals surface area (Å²) in [5, 5.41) is 6.75. The van der Waals surface area contributed by atoms with Crippen LogP contribution in [-0.4, -0.2) is 20.8 Å². The molecule has 0 amide bonds. The summed E-state index contributed by atoms with van der Waals surface area (Å²) in [4.78, 5) is 34.8. The molecule has 48 heavy (non-hydrogen) atoms. The Balaban J connectivity index is 1.48. The highest BCUT2D eigenvalue weighted by Crippen LogP contribution is 2.40. The van der Waals surface area contributed by atoms with Crippen molar-refractivity contribution in [1.29, 1.82) is 0 Å². The van der Waals surface area contributed by atoms with Gasteiger partial charge in [0.15, 0.2) is 5.82 Å². The molecule has 0 fully saturated rings. The molecule has 3 aliphatic rings. The second kappa shape index (κ2) is 11.1. The second-order valence-electron chi connectivity index (χ2n) is 11.1. The van der Waals surface area contributed by atoms with Crippen LogP contribution in [-0.2, 0) is 0 Å². The largest absolute Gasteiger partial charge is 0.324 e. The maximum Gasteiger partial charge on any atom is 0.160 e. The van der Waals surface area contributed by atoms with Gasteiger partial charge in [-0.1, -0.05) is 92.8 Å². The third-order valence-corrected chi connectivity index (χ3v) is 11.1. The van der Waals surface area contributed by atoms with Crippen LogP contribution in [0.5, 0.6) is 0 Å². The van der Waals surface area contributed by atoms with Crippen LogP contribution >= 0.6 is 92.8 Å². The van der Waals surface area contributed by atoms with Gasteiger partial charge in [-0.2, -0.15) is 0 Å². The summed E-state index contributed by atoms with van der Waals surface area (Å²) in [7, 11) is 0. The number of aromatic nitrogens is 3. The highest BCUT2D eigenvalue weighted by Gasteiger charge is 2.31.